The minimum absolute atomic E-state index is 0.0333. The number of carbonyl (C=O) groups is 2. The van der Waals surface area contributed by atoms with Gasteiger partial charge in [-0.2, -0.15) is 0 Å². The summed E-state index contributed by atoms with van der Waals surface area (Å²) in [6.07, 6.45) is 0. The van der Waals surface area contributed by atoms with Crippen molar-refractivity contribution in [2.75, 3.05) is 25.6 Å². The summed E-state index contributed by atoms with van der Waals surface area (Å²) >= 11 is 1.15. The summed E-state index contributed by atoms with van der Waals surface area (Å²) in [6.45, 7) is 5.78. The molecule has 7 heteroatoms. The molecule has 0 fully saturated rings. The maximum Gasteiger partial charge on any atom is 0.358 e. The van der Waals surface area contributed by atoms with E-state index in [1.807, 2.05) is 6.92 Å². The third-order valence-corrected chi connectivity index (χ3v) is 3.29. The molecule has 0 amide bonds. The molecular formula is C12H18N2O4S. The monoisotopic (exact) mass is 286 g/mol. The molecule has 1 N–H and O–H groups in total. The number of esters is 1. The lowest BCUT2D eigenvalue weighted by atomic mass is 10.3. The molecule has 0 aromatic carbocycles. The van der Waals surface area contributed by atoms with Crippen molar-refractivity contribution in [3.05, 3.63) is 10.6 Å². The van der Waals surface area contributed by atoms with Gasteiger partial charge in [-0.15, -0.1) is 0 Å². The van der Waals surface area contributed by atoms with Gasteiger partial charge in [-0.1, -0.05) is 11.3 Å². The second-order valence-electron chi connectivity index (χ2n) is 3.97. The lowest BCUT2D eigenvalue weighted by Gasteiger charge is -2.10. The molecule has 0 aliphatic rings. The first kappa shape index (κ1) is 15.6. The first-order chi connectivity index (χ1) is 8.99. The fourth-order valence-corrected chi connectivity index (χ4v) is 2.42. The van der Waals surface area contributed by atoms with Crippen LogP contribution in [-0.4, -0.2) is 43.1 Å². The van der Waals surface area contributed by atoms with Gasteiger partial charge < -0.3 is 14.8 Å². The topological polar surface area (TPSA) is 77.5 Å². The number of hydrogen-bond acceptors (Lipinski definition) is 7. The number of ether oxygens (including phenoxy) is 2. The van der Waals surface area contributed by atoms with Crippen molar-refractivity contribution >= 4 is 28.2 Å². The van der Waals surface area contributed by atoms with Crippen LogP contribution >= 0.6 is 11.3 Å². The molecule has 1 atom stereocenters. The maximum atomic E-state index is 11.7. The molecule has 1 aromatic rings. The first-order valence-corrected chi connectivity index (χ1v) is 6.75. The Morgan fingerprint density at radius 1 is 1.47 bits per heavy atom. The highest BCUT2D eigenvalue weighted by molar-refractivity contribution is 7.17. The normalized spacial score (nSPS) is 12.0. The van der Waals surface area contributed by atoms with Crippen molar-refractivity contribution in [1.29, 1.82) is 0 Å². The molecule has 106 valence electrons. The van der Waals surface area contributed by atoms with Crippen LogP contribution in [0.15, 0.2) is 0 Å². The van der Waals surface area contributed by atoms with Crippen molar-refractivity contribution in [2.24, 2.45) is 0 Å². The summed E-state index contributed by atoms with van der Waals surface area (Å²) in [6, 6.07) is 0.0333. The van der Waals surface area contributed by atoms with E-state index in [9.17, 15) is 9.59 Å². The Morgan fingerprint density at radius 2 is 2.16 bits per heavy atom. The predicted octanol–water partition coefficient (Wildman–Crippen LogP) is 1.97. The number of nitrogens with one attached hydrogen (secondary N) is 1. The number of ketones is 1. The second-order valence-corrected chi connectivity index (χ2v) is 4.97. The SMILES string of the molecule is CCOC(=O)c1nc(NC(C)COC)sc1C(C)=O. The van der Waals surface area contributed by atoms with Crippen LogP contribution in [0.4, 0.5) is 5.13 Å². The standard InChI is InChI=1S/C12H18N2O4S/c1-5-18-11(16)9-10(8(3)15)19-12(14-9)13-7(2)6-17-4/h7H,5-6H2,1-4H3,(H,13,14). The van der Waals surface area contributed by atoms with Crippen LogP contribution in [0.3, 0.4) is 0 Å². The molecule has 0 saturated carbocycles. The first-order valence-electron chi connectivity index (χ1n) is 5.93. The number of methoxy groups -OCH3 is 1. The summed E-state index contributed by atoms with van der Waals surface area (Å²) in [5.74, 6) is -0.774. The molecule has 1 heterocycles. The van der Waals surface area contributed by atoms with Crippen LogP contribution in [0.2, 0.25) is 0 Å². The number of carbonyl (C=O) groups excluding carboxylic acids is 2. The Kier molecular flexibility index (Phi) is 5.91. The molecule has 1 aromatic heterocycles. The number of rotatable bonds is 7. The van der Waals surface area contributed by atoms with Gasteiger partial charge >= 0.3 is 5.97 Å². The Labute approximate surface area is 116 Å². The number of hydrogen-bond donors (Lipinski definition) is 1. The minimum Gasteiger partial charge on any atom is -0.461 e. The van der Waals surface area contributed by atoms with Gasteiger partial charge in [-0.25, -0.2) is 9.78 Å². The highest BCUT2D eigenvalue weighted by Gasteiger charge is 2.22. The minimum atomic E-state index is -0.573. The molecule has 0 bridgehead atoms. The molecule has 19 heavy (non-hydrogen) atoms. The summed E-state index contributed by atoms with van der Waals surface area (Å²) in [4.78, 5) is 27.7. The molecule has 1 unspecified atom stereocenters. The number of anilines is 1. The van der Waals surface area contributed by atoms with E-state index in [1.54, 1.807) is 14.0 Å². The van der Waals surface area contributed by atoms with Crippen LogP contribution in [0.5, 0.6) is 0 Å². The molecule has 0 aliphatic carbocycles. The van der Waals surface area contributed by atoms with Gasteiger partial charge in [0, 0.05) is 20.1 Å². The molecule has 0 spiro atoms. The molecular weight excluding hydrogens is 268 g/mol. The average Bonchev–Trinajstić information content (AvgIpc) is 2.73. The summed E-state index contributed by atoms with van der Waals surface area (Å²) in [7, 11) is 1.60. The van der Waals surface area contributed by atoms with Crippen molar-refractivity contribution in [3.8, 4) is 0 Å². The van der Waals surface area contributed by atoms with Gasteiger partial charge in [0.15, 0.2) is 16.6 Å². The summed E-state index contributed by atoms with van der Waals surface area (Å²) in [5, 5.41) is 3.59. The van der Waals surface area contributed by atoms with Crippen molar-refractivity contribution in [1.82, 2.24) is 4.98 Å². The highest BCUT2D eigenvalue weighted by atomic mass is 32.1. The quantitative estimate of drug-likeness (QED) is 0.610. The fourth-order valence-electron chi connectivity index (χ4n) is 1.46. The summed E-state index contributed by atoms with van der Waals surface area (Å²) in [5.41, 5.74) is 0.0754. The predicted molar refractivity (Wildman–Crippen MR) is 73.0 cm³/mol. The zero-order valence-electron chi connectivity index (χ0n) is 11.5. The molecule has 0 aliphatic heterocycles. The Balaban J connectivity index is 2.94. The average molecular weight is 286 g/mol. The van der Waals surface area contributed by atoms with Gasteiger partial charge in [-0.05, 0) is 13.8 Å². The van der Waals surface area contributed by atoms with Crippen molar-refractivity contribution < 1.29 is 19.1 Å². The van der Waals surface area contributed by atoms with Crippen molar-refractivity contribution in [2.45, 2.75) is 26.8 Å². The summed E-state index contributed by atoms with van der Waals surface area (Å²) < 4.78 is 9.89. The zero-order chi connectivity index (χ0) is 14.4. The van der Waals surface area contributed by atoms with E-state index in [0.717, 1.165) is 11.3 Å². The smallest absolute Gasteiger partial charge is 0.358 e. The lowest BCUT2D eigenvalue weighted by molar-refractivity contribution is 0.0517. The number of Topliss-reactive ketones (excluding diaryl/α,β-unsaturated/α-hetero) is 1. The van der Waals surface area contributed by atoms with Gasteiger partial charge in [0.1, 0.15) is 4.88 Å². The van der Waals surface area contributed by atoms with E-state index < -0.39 is 5.97 Å². The van der Waals surface area contributed by atoms with E-state index in [-0.39, 0.29) is 24.1 Å². The second kappa shape index (κ2) is 7.20. The van der Waals surface area contributed by atoms with E-state index in [0.29, 0.717) is 16.6 Å². The van der Waals surface area contributed by atoms with Gasteiger partial charge in [0.2, 0.25) is 0 Å². The lowest BCUT2D eigenvalue weighted by Crippen LogP contribution is -2.20. The molecule has 6 nitrogen and oxygen atoms in total. The number of nitrogens with zero attached hydrogens (tertiary/aromatic N) is 1. The van der Waals surface area contributed by atoms with E-state index in [4.69, 9.17) is 9.47 Å². The van der Waals surface area contributed by atoms with Gasteiger partial charge in [0.25, 0.3) is 0 Å². The number of aromatic nitrogens is 1. The van der Waals surface area contributed by atoms with E-state index in [2.05, 4.69) is 10.3 Å². The van der Waals surface area contributed by atoms with Crippen LogP contribution in [0.1, 0.15) is 40.9 Å². The maximum absolute atomic E-state index is 11.7. The van der Waals surface area contributed by atoms with Crippen LogP contribution in [0, 0.1) is 0 Å². The largest absolute Gasteiger partial charge is 0.461 e. The van der Waals surface area contributed by atoms with Crippen LogP contribution in [-0.2, 0) is 9.47 Å². The Hall–Kier alpha value is -1.47. The van der Waals surface area contributed by atoms with Crippen LogP contribution in [0.25, 0.3) is 0 Å². The molecule has 0 saturated heterocycles. The number of thiazole rings is 1. The van der Waals surface area contributed by atoms with Crippen LogP contribution < -0.4 is 5.32 Å². The Bertz CT molecular complexity index is 459. The Morgan fingerprint density at radius 3 is 2.68 bits per heavy atom. The van der Waals surface area contributed by atoms with E-state index >= 15 is 0 Å². The van der Waals surface area contributed by atoms with Crippen molar-refractivity contribution in [3.63, 3.8) is 0 Å². The molecule has 1 rings (SSSR count). The third kappa shape index (κ3) is 4.29. The third-order valence-electron chi connectivity index (χ3n) is 2.20. The van der Waals surface area contributed by atoms with Gasteiger partial charge in [0.05, 0.1) is 13.2 Å². The zero-order valence-corrected chi connectivity index (χ0v) is 12.3. The fraction of sp³-hybridized carbons (Fsp3) is 0.583. The van der Waals surface area contributed by atoms with Gasteiger partial charge in [-0.3, -0.25) is 4.79 Å². The highest BCUT2D eigenvalue weighted by Crippen LogP contribution is 2.25. The molecule has 0 radical (unpaired) electrons. The van der Waals surface area contributed by atoms with E-state index in [1.165, 1.54) is 6.92 Å².